The molecule has 94 valence electrons. The van der Waals surface area contributed by atoms with E-state index in [9.17, 15) is 4.39 Å². The molecule has 0 amide bonds. The molecule has 0 atom stereocenters. The molecule has 0 spiro atoms. The fourth-order valence-electron chi connectivity index (χ4n) is 1.43. The number of benzene rings is 1. The minimum Gasteiger partial charge on any atom is -0.494 e. The second kappa shape index (κ2) is 6.54. The van der Waals surface area contributed by atoms with Crippen LogP contribution in [0.2, 0.25) is 0 Å². The summed E-state index contributed by atoms with van der Waals surface area (Å²) in [6, 6.07) is 10.9. The number of nitrogens with one attached hydrogen (secondary N) is 1. The van der Waals surface area contributed by atoms with Crippen molar-refractivity contribution >= 4 is 5.82 Å². The van der Waals surface area contributed by atoms with Crippen LogP contribution in [-0.2, 0) is 0 Å². The maximum Gasteiger partial charge on any atom is 0.217 e. The van der Waals surface area contributed by atoms with Crippen molar-refractivity contribution in [2.24, 2.45) is 0 Å². The van der Waals surface area contributed by atoms with Gasteiger partial charge < -0.3 is 10.1 Å². The molecule has 0 radical (unpaired) electrons. The summed E-state index contributed by atoms with van der Waals surface area (Å²) in [4.78, 5) is 7.27. The summed E-state index contributed by atoms with van der Waals surface area (Å²) in [6.45, 7) is 1.27. The molecule has 1 heterocycles. The van der Waals surface area contributed by atoms with Crippen molar-refractivity contribution in [3.8, 4) is 5.75 Å². The highest BCUT2D eigenvalue weighted by atomic mass is 19.1. The number of nitrogens with zero attached hydrogens (tertiary/aromatic N) is 2. The van der Waals surface area contributed by atoms with Crippen LogP contribution >= 0.6 is 0 Å². The summed E-state index contributed by atoms with van der Waals surface area (Å²) in [6.07, 6.45) is 2.00. The van der Waals surface area contributed by atoms with Gasteiger partial charge in [-0.25, -0.2) is 9.97 Å². The fourth-order valence-corrected chi connectivity index (χ4v) is 1.43. The summed E-state index contributed by atoms with van der Waals surface area (Å²) in [7, 11) is 0. The van der Waals surface area contributed by atoms with E-state index in [4.69, 9.17) is 4.74 Å². The molecule has 0 saturated carbocycles. The molecule has 2 rings (SSSR count). The van der Waals surface area contributed by atoms with Crippen molar-refractivity contribution in [1.82, 2.24) is 9.97 Å². The Morgan fingerprint density at radius 2 is 2.00 bits per heavy atom. The van der Waals surface area contributed by atoms with Crippen LogP contribution in [0.3, 0.4) is 0 Å². The van der Waals surface area contributed by atoms with Crippen LogP contribution in [0, 0.1) is 5.95 Å². The Bertz CT molecular complexity index is 479. The van der Waals surface area contributed by atoms with Crippen molar-refractivity contribution in [2.45, 2.75) is 6.42 Å². The summed E-state index contributed by atoms with van der Waals surface area (Å²) >= 11 is 0. The van der Waals surface area contributed by atoms with E-state index >= 15 is 0 Å². The Morgan fingerprint density at radius 3 is 2.78 bits per heavy atom. The Labute approximate surface area is 105 Å². The van der Waals surface area contributed by atoms with E-state index in [-0.39, 0.29) is 0 Å². The third-order valence-corrected chi connectivity index (χ3v) is 2.27. The van der Waals surface area contributed by atoms with Gasteiger partial charge in [-0.15, -0.1) is 0 Å². The summed E-state index contributed by atoms with van der Waals surface area (Å²) < 4.78 is 18.3. The molecule has 1 N–H and O–H groups in total. The molecular formula is C13H14FN3O. The molecular weight excluding hydrogens is 233 g/mol. The summed E-state index contributed by atoms with van der Waals surface area (Å²) in [5.74, 6) is 0.806. The number of aromatic nitrogens is 2. The van der Waals surface area contributed by atoms with Crippen molar-refractivity contribution in [3.05, 3.63) is 48.7 Å². The van der Waals surface area contributed by atoms with Gasteiger partial charge in [0.1, 0.15) is 17.9 Å². The first kappa shape index (κ1) is 12.3. The molecule has 0 fully saturated rings. The van der Waals surface area contributed by atoms with Gasteiger partial charge in [-0.2, -0.15) is 4.39 Å². The number of hydrogen-bond donors (Lipinski definition) is 1. The molecule has 1 aromatic carbocycles. The predicted molar refractivity (Wildman–Crippen MR) is 67.0 cm³/mol. The van der Waals surface area contributed by atoms with Crippen LogP contribution < -0.4 is 10.1 Å². The largest absolute Gasteiger partial charge is 0.494 e. The maximum atomic E-state index is 12.7. The molecule has 5 heteroatoms. The topological polar surface area (TPSA) is 47.0 Å². The first-order valence-electron chi connectivity index (χ1n) is 5.74. The van der Waals surface area contributed by atoms with E-state index in [0.29, 0.717) is 19.0 Å². The van der Waals surface area contributed by atoms with Crippen LogP contribution in [-0.4, -0.2) is 23.1 Å². The molecule has 18 heavy (non-hydrogen) atoms. The quantitative estimate of drug-likeness (QED) is 0.629. The van der Waals surface area contributed by atoms with Gasteiger partial charge >= 0.3 is 0 Å². The van der Waals surface area contributed by atoms with Crippen LogP contribution in [0.5, 0.6) is 5.75 Å². The van der Waals surface area contributed by atoms with Gasteiger partial charge in [-0.3, -0.25) is 0 Å². The van der Waals surface area contributed by atoms with Crippen molar-refractivity contribution in [2.75, 3.05) is 18.5 Å². The highest BCUT2D eigenvalue weighted by molar-refractivity contribution is 5.31. The zero-order chi connectivity index (χ0) is 12.6. The molecule has 1 aromatic heterocycles. The average molecular weight is 247 g/mol. The van der Waals surface area contributed by atoms with Crippen molar-refractivity contribution in [3.63, 3.8) is 0 Å². The van der Waals surface area contributed by atoms with Crippen LogP contribution in [0.4, 0.5) is 10.2 Å². The lowest BCUT2D eigenvalue weighted by atomic mass is 10.3. The van der Waals surface area contributed by atoms with Crippen molar-refractivity contribution < 1.29 is 9.13 Å². The number of ether oxygens (including phenoxy) is 1. The van der Waals surface area contributed by atoms with Crippen LogP contribution in [0.15, 0.2) is 42.7 Å². The minimum atomic E-state index is -0.534. The second-order valence-electron chi connectivity index (χ2n) is 3.67. The molecule has 0 aliphatic heterocycles. The van der Waals surface area contributed by atoms with Crippen LogP contribution in [0.1, 0.15) is 6.42 Å². The zero-order valence-corrected chi connectivity index (χ0v) is 9.84. The monoisotopic (exact) mass is 247 g/mol. The Balaban J connectivity index is 1.65. The molecule has 0 saturated heterocycles. The Hall–Kier alpha value is -2.17. The first-order chi connectivity index (χ1) is 8.84. The van der Waals surface area contributed by atoms with Gasteiger partial charge in [0.05, 0.1) is 6.61 Å². The highest BCUT2D eigenvalue weighted by Crippen LogP contribution is 2.08. The van der Waals surface area contributed by atoms with E-state index in [1.807, 2.05) is 30.3 Å². The van der Waals surface area contributed by atoms with Gasteiger partial charge in [-0.1, -0.05) is 18.2 Å². The van der Waals surface area contributed by atoms with E-state index in [2.05, 4.69) is 15.3 Å². The van der Waals surface area contributed by atoms with E-state index in [0.717, 1.165) is 12.2 Å². The predicted octanol–water partition coefficient (Wildman–Crippen LogP) is 2.50. The van der Waals surface area contributed by atoms with E-state index < -0.39 is 5.95 Å². The lowest BCUT2D eigenvalue weighted by Crippen LogP contribution is -2.08. The summed E-state index contributed by atoms with van der Waals surface area (Å²) in [5, 5.41) is 3.00. The first-order valence-corrected chi connectivity index (χ1v) is 5.74. The van der Waals surface area contributed by atoms with Gasteiger partial charge in [-0.05, 0) is 18.6 Å². The smallest absolute Gasteiger partial charge is 0.217 e. The zero-order valence-electron chi connectivity index (χ0n) is 9.84. The highest BCUT2D eigenvalue weighted by Gasteiger charge is 1.97. The molecule has 0 aliphatic carbocycles. The van der Waals surface area contributed by atoms with Gasteiger partial charge in [0.25, 0.3) is 0 Å². The number of rotatable bonds is 6. The van der Waals surface area contributed by atoms with Crippen molar-refractivity contribution in [1.29, 1.82) is 0 Å². The third-order valence-electron chi connectivity index (χ3n) is 2.27. The Morgan fingerprint density at radius 1 is 1.17 bits per heavy atom. The normalized spacial score (nSPS) is 10.1. The lowest BCUT2D eigenvalue weighted by molar-refractivity contribution is 0.315. The van der Waals surface area contributed by atoms with Crippen LogP contribution in [0.25, 0.3) is 0 Å². The molecule has 0 unspecified atom stereocenters. The second-order valence-corrected chi connectivity index (χ2v) is 3.67. The molecule has 2 aromatic rings. The average Bonchev–Trinajstić information content (AvgIpc) is 2.40. The number of para-hydroxylation sites is 1. The van der Waals surface area contributed by atoms with Gasteiger partial charge in [0.15, 0.2) is 0 Å². The summed E-state index contributed by atoms with van der Waals surface area (Å²) in [5.41, 5.74) is 0. The lowest BCUT2D eigenvalue weighted by Gasteiger charge is -2.07. The number of halogens is 1. The van der Waals surface area contributed by atoms with Gasteiger partial charge in [0, 0.05) is 12.6 Å². The van der Waals surface area contributed by atoms with Gasteiger partial charge in [0.2, 0.25) is 5.95 Å². The number of hydrogen-bond acceptors (Lipinski definition) is 4. The maximum absolute atomic E-state index is 12.7. The molecule has 0 bridgehead atoms. The molecule has 0 aliphatic rings. The Kier molecular flexibility index (Phi) is 4.46. The minimum absolute atomic E-state index is 0.488. The standard InChI is InChI=1S/C13H14FN3O/c14-12-9-13(17-10-16-12)15-7-4-8-18-11-5-2-1-3-6-11/h1-3,5-6,9-10H,4,7-8H2,(H,15,16,17). The molecule has 4 nitrogen and oxygen atoms in total. The van der Waals surface area contributed by atoms with E-state index in [1.165, 1.54) is 12.4 Å². The fraction of sp³-hybridized carbons (Fsp3) is 0.231. The number of anilines is 1. The third kappa shape index (κ3) is 4.01. The SMILES string of the molecule is Fc1cc(NCCCOc2ccccc2)ncn1. The van der Waals surface area contributed by atoms with E-state index in [1.54, 1.807) is 0 Å².